The summed E-state index contributed by atoms with van der Waals surface area (Å²) in [4.78, 5) is 12.5. The molecule has 0 fully saturated rings. The molecule has 0 spiro atoms. The number of rotatable bonds is 3. The predicted octanol–water partition coefficient (Wildman–Crippen LogP) is 6.03. The number of aldehydes is 1. The molecule has 2 aromatic carbocycles. The molecule has 0 amide bonds. The molecule has 9 heteroatoms. The Morgan fingerprint density at radius 3 is 1.88 bits per heavy atom. The quantitative estimate of drug-likeness (QED) is 0.389. The lowest BCUT2D eigenvalue weighted by Gasteiger charge is -2.12. The van der Waals surface area contributed by atoms with Crippen molar-refractivity contribution in [3.63, 3.8) is 0 Å². The first-order valence-corrected chi connectivity index (χ1v) is 7.52. The van der Waals surface area contributed by atoms with Gasteiger partial charge in [-0.25, -0.2) is 4.84 Å². The van der Waals surface area contributed by atoms with E-state index in [1.54, 1.807) is 13.0 Å². The first-order valence-electron chi connectivity index (χ1n) is 7.14. The van der Waals surface area contributed by atoms with Crippen LogP contribution in [-0.2, 0) is 12.4 Å². The summed E-state index contributed by atoms with van der Waals surface area (Å²) >= 11 is 5.32. The summed E-state index contributed by atoms with van der Waals surface area (Å²) < 4.78 is 72.8. The van der Waals surface area contributed by atoms with Crippen LogP contribution in [0, 0.1) is 0 Å². The highest BCUT2D eigenvalue weighted by atomic mass is 35.5. The average molecular weight is 398 g/mol. The molecule has 0 saturated heterocycles. The number of alkyl halides is 6. The van der Waals surface area contributed by atoms with E-state index in [9.17, 15) is 31.1 Å². The summed E-state index contributed by atoms with van der Waals surface area (Å²) in [7, 11) is 0. The zero-order valence-corrected chi connectivity index (χ0v) is 14.1. The molecule has 0 aromatic heterocycles. The topological polar surface area (TPSA) is 29.1 Å². The van der Waals surface area contributed by atoms with Crippen molar-refractivity contribution in [2.24, 2.45) is 0 Å². The van der Waals surface area contributed by atoms with Crippen LogP contribution in [0.2, 0.25) is 0 Å². The Labute approximate surface area is 150 Å². The summed E-state index contributed by atoms with van der Waals surface area (Å²) in [5.41, 5.74) is -0.916. The van der Waals surface area contributed by atoms with Crippen molar-refractivity contribution >= 4 is 18.1 Å². The molecule has 0 unspecified atom stereocenters. The van der Waals surface area contributed by atoms with E-state index in [4.69, 9.17) is 11.8 Å². The molecule has 0 heterocycles. The zero-order valence-electron chi connectivity index (χ0n) is 13.3. The molecule has 0 saturated carbocycles. The minimum Gasteiger partial charge on any atom is -0.298 e. The third-order valence-corrected chi connectivity index (χ3v) is 3.55. The second-order valence-electron chi connectivity index (χ2n) is 5.20. The van der Waals surface area contributed by atoms with Crippen molar-refractivity contribution in [3.05, 3.63) is 70.8 Å². The van der Waals surface area contributed by atoms with E-state index < -0.39 is 23.5 Å². The van der Waals surface area contributed by atoms with Crippen LogP contribution >= 0.6 is 11.8 Å². The van der Waals surface area contributed by atoms with Crippen LogP contribution < -0.4 is 4.84 Å². The lowest BCUT2D eigenvalue weighted by atomic mass is 10.1. The molecule has 0 aliphatic rings. The molecule has 0 aliphatic carbocycles. The molecule has 2 nitrogen and oxygen atoms in total. The van der Waals surface area contributed by atoms with Gasteiger partial charge in [-0.1, -0.05) is 24.3 Å². The van der Waals surface area contributed by atoms with Gasteiger partial charge in [0.1, 0.15) is 6.29 Å². The normalized spacial score (nSPS) is 12.8. The number of hydrogen-bond donors (Lipinski definition) is 1. The molecule has 2 aromatic rings. The standard InChI is InChI=1S/C9H9ClF3N.C8H5F3O/c1-6(14-10)7-3-2-4-8(5-7)9(11,12)13;9-8(10,11)7-3-1-2-6(4-7)5-12/h2-6,14H,1H3;1-5H/t6-;/m0./s1. The van der Waals surface area contributed by atoms with E-state index in [0.29, 0.717) is 11.8 Å². The van der Waals surface area contributed by atoms with Gasteiger partial charge in [0.25, 0.3) is 0 Å². The average Bonchev–Trinajstić information content (AvgIpc) is 2.60. The molecular formula is C17H14ClF6NO. The van der Waals surface area contributed by atoms with Crippen LogP contribution in [-0.4, -0.2) is 6.29 Å². The summed E-state index contributed by atoms with van der Waals surface area (Å²) in [6.45, 7) is 1.68. The summed E-state index contributed by atoms with van der Waals surface area (Å²) in [5.74, 6) is 0. The van der Waals surface area contributed by atoms with Crippen molar-refractivity contribution in [2.75, 3.05) is 0 Å². The fraction of sp³-hybridized carbons (Fsp3) is 0.235. The first kappa shape index (κ1) is 22.0. The van der Waals surface area contributed by atoms with Crippen molar-refractivity contribution in [3.8, 4) is 0 Å². The van der Waals surface area contributed by atoms with Gasteiger partial charge in [-0.15, -0.1) is 0 Å². The van der Waals surface area contributed by atoms with Crippen molar-refractivity contribution in [2.45, 2.75) is 25.3 Å². The molecule has 1 atom stereocenters. The van der Waals surface area contributed by atoms with Gasteiger partial charge in [0.05, 0.1) is 11.1 Å². The van der Waals surface area contributed by atoms with Gasteiger partial charge in [0.15, 0.2) is 0 Å². The predicted molar refractivity (Wildman–Crippen MR) is 85.7 cm³/mol. The number of carbonyl (C=O) groups excluding carboxylic acids is 1. The van der Waals surface area contributed by atoms with E-state index in [1.165, 1.54) is 18.2 Å². The third-order valence-electron chi connectivity index (χ3n) is 3.23. The van der Waals surface area contributed by atoms with Crippen LogP contribution in [0.4, 0.5) is 26.3 Å². The van der Waals surface area contributed by atoms with Crippen molar-refractivity contribution in [1.82, 2.24) is 4.84 Å². The lowest BCUT2D eigenvalue weighted by Crippen LogP contribution is -2.10. The molecule has 0 bridgehead atoms. The van der Waals surface area contributed by atoms with Crippen LogP contribution in [0.15, 0.2) is 48.5 Å². The number of halogens is 7. The molecule has 2 rings (SSSR count). The molecule has 0 aliphatic heterocycles. The number of hydrogen-bond acceptors (Lipinski definition) is 2. The maximum Gasteiger partial charge on any atom is 0.416 e. The van der Waals surface area contributed by atoms with Gasteiger partial charge in [0.2, 0.25) is 0 Å². The van der Waals surface area contributed by atoms with Gasteiger partial charge in [-0.3, -0.25) is 4.79 Å². The highest BCUT2D eigenvalue weighted by molar-refractivity contribution is 6.13. The fourth-order valence-corrected chi connectivity index (χ4v) is 1.96. The molecule has 1 N–H and O–H groups in total. The van der Waals surface area contributed by atoms with Crippen molar-refractivity contribution < 1.29 is 31.1 Å². The zero-order chi connectivity index (χ0) is 20.0. The number of benzene rings is 2. The van der Waals surface area contributed by atoms with E-state index in [1.807, 2.05) is 0 Å². The van der Waals surface area contributed by atoms with Crippen LogP contribution in [0.1, 0.15) is 40.0 Å². The maximum absolute atomic E-state index is 12.3. The molecular weight excluding hydrogens is 384 g/mol. The number of nitrogens with one attached hydrogen (secondary N) is 1. The SMILES string of the molecule is C[C@H](NCl)c1cccc(C(F)(F)F)c1.O=Cc1cccc(C(F)(F)F)c1. The highest BCUT2D eigenvalue weighted by Gasteiger charge is 2.31. The highest BCUT2D eigenvalue weighted by Crippen LogP contribution is 2.31. The van der Waals surface area contributed by atoms with E-state index in [0.717, 1.165) is 24.3 Å². The second kappa shape index (κ2) is 9.05. The summed E-state index contributed by atoms with van der Waals surface area (Å²) in [5, 5.41) is 0. The van der Waals surface area contributed by atoms with Crippen LogP contribution in [0.5, 0.6) is 0 Å². The van der Waals surface area contributed by atoms with Gasteiger partial charge in [-0.2, -0.15) is 26.3 Å². The lowest BCUT2D eigenvalue weighted by molar-refractivity contribution is -0.138. The minimum absolute atomic E-state index is 0.0322. The Morgan fingerprint density at radius 1 is 0.923 bits per heavy atom. The number of carbonyl (C=O) groups is 1. The summed E-state index contributed by atoms with van der Waals surface area (Å²) in [6.07, 6.45) is -8.30. The van der Waals surface area contributed by atoms with Crippen LogP contribution in [0.3, 0.4) is 0 Å². The first-order chi connectivity index (χ1) is 12.0. The smallest absolute Gasteiger partial charge is 0.298 e. The van der Waals surface area contributed by atoms with E-state index in [-0.39, 0.29) is 11.6 Å². The Bertz CT molecular complexity index is 730. The van der Waals surface area contributed by atoms with Crippen molar-refractivity contribution in [1.29, 1.82) is 0 Å². The van der Waals surface area contributed by atoms with Crippen LogP contribution in [0.25, 0.3) is 0 Å². The van der Waals surface area contributed by atoms with E-state index in [2.05, 4.69) is 4.84 Å². The third kappa shape index (κ3) is 6.68. The Hall–Kier alpha value is -2.06. The molecule has 26 heavy (non-hydrogen) atoms. The Balaban J connectivity index is 0.000000263. The minimum atomic E-state index is -4.38. The van der Waals surface area contributed by atoms with Gasteiger partial charge >= 0.3 is 12.4 Å². The molecule has 0 radical (unpaired) electrons. The Morgan fingerprint density at radius 2 is 1.42 bits per heavy atom. The largest absolute Gasteiger partial charge is 0.416 e. The van der Waals surface area contributed by atoms with Gasteiger partial charge in [0, 0.05) is 11.6 Å². The second-order valence-corrected chi connectivity index (χ2v) is 5.41. The van der Waals surface area contributed by atoms with Gasteiger partial charge in [-0.05, 0) is 48.5 Å². The maximum atomic E-state index is 12.3. The van der Waals surface area contributed by atoms with E-state index >= 15 is 0 Å². The Kier molecular flexibility index (Phi) is 7.65. The monoisotopic (exact) mass is 397 g/mol. The molecule has 142 valence electrons. The summed E-state index contributed by atoms with van der Waals surface area (Å²) in [6, 6.07) is 9.02. The van der Waals surface area contributed by atoms with Gasteiger partial charge < -0.3 is 0 Å². The fourth-order valence-electron chi connectivity index (χ4n) is 1.84.